The van der Waals surface area contributed by atoms with E-state index in [1.807, 2.05) is 132 Å². The Morgan fingerprint density at radius 1 is 0.291 bits per heavy atom. The predicted molar refractivity (Wildman–Crippen MR) is 247 cm³/mol. The van der Waals surface area contributed by atoms with Crippen molar-refractivity contribution < 1.29 is 0 Å². The molecule has 2 aliphatic carbocycles. The molecule has 10 rings (SSSR count). The summed E-state index contributed by atoms with van der Waals surface area (Å²) in [5.74, 6) is 0. The fourth-order valence-corrected chi connectivity index (χ4v) is 6.22. The molecular weight excluding hydrogens is 669 g/mol. The average molecular weight is 733 g/mol. The van der Waals surface area contributed by atoms with Gasteiger partial charge in [0.1, 0.15) is 0 Å². The zero-order chi connectivity index (χ0) is 40.9. The van der Waals surface area contributed by atoms with E-state index in [2.05, 4.69) is 86.6 Å². The molecule has 6 aromatic carbocycles. The van der Waals surface area contributed by atoms with E-state index in [9.17, 15) is 0 Å². The van der Waals surface area contributed by atoms with Crippen LogP contribution in [0.25, 0.3) is 88.6 Å². The maximum absolute atomic E-state index is 4.83. The van der Waals surface area contributed by atoms with E-state index in [1.165, 1.54) is 50.2 Å². The van der Waals surface area contributed by atoms with Crippen LogP contribution < -0.4 is 0 Å². The molecule has 0 unspecified atom stereocenters. The Balaban J connectivity index is 0.000000284. The fourth-order valence-electron chi connectivity index (χ4n) is 6.22. The van der Waals surface area contributed by atoms with Crippen LogP contribution in [0.4, 0.5) is 0 Å². The van der Waals surface area contributed by atoms with Crippen molar-refractivity contribution in [3.05, 3.63) is 121 Å². The third-order valence-electron chi connectivity index (χ3n) is 7.97. The van der Waals surface area contributed by atoms with Gasteiger partial charge in [-0.1, -0.05) is 200 Å². The zero-order valence-corrected chi connectivity index (χ0v) is 36.0. The summed E-state index contributed by atoms with van der Waals surface area (Å²) in [7, 11) is 0. The molecule has 0 fully saturated rings. The maximum atomic E-state index is 4.83. The van der Waals surface area contributed by atoms with Crippen LogP contribution in [0.5, 0.6) is 0 Å². The van der Waals surface area contributed by atoms with Crippen molar-refractivity contribution in [2.45, 2.75) is 103 Å². The minimum Gasteiger partial charge on any atom is -0.244 e. The van der Waals surface area contributed by atoms with Crippen LogP contribution in [-0.4, -0.2) is 19.9 Å². The van der Waals surface area contributed by atoms with Crippen LogP contribution in [0.15, 0.2) is 121 Å². The standard InChI is InChI=1S/2C18H10N2.C3H8.6C2H6/c2*1-2-10-15-14(9-1)19-17-12-7-3-5-11-6-4-8-13(16(11)12)18(17)20-15;1-3-2;6*1-2/h2*1-10H;3H2,1-2H3;6*1-2H3. The number of rotatable bonds is 0. The quantitative estimate of drug-likeness (QED) is 0.156. The molecule has 55 heavy (non-hydrogen) atoms. The van der Waals surface area contributed by atoms with Gasteiger partial charge in [-0.2, -0.15) is 0 Å². The summed E-state index contributed by atoms with van der Waals surface area (Å²) in [6, 6.07) is 41.6. The molecule has 0 bridgehead atoms. The van der Waals surface area contributed by atoms with Crippen molar-refractivity contribution in [3.8, 4) is 45.0 Å². The van der Waals surface area contributed by atoms with Crippen LogP contribution >= 0.6 is 0 Å². The second-order valence-corrected chi connectivity index (χ2v) is 10.9. The highest BCUT2D eigenvalue weighted by atomic mass is 14.8. The Hall–Kier alpha value is -5.48. The number of para-hydroxylation sites is 4. The van der Waals surface area contributed by atoms with E-state index in [1.54, 1.807) is 0 Å². The number of aromatic nitrogens is 4. The zero-order valence-electron chi connectivity index (χ0n) is 36.0. The van der Waals surface area contributed by atoms with E-state index < -0.39 is 0 Å². The van der Waals surface area contributed by atoms with Crippen LogP contribution in [0.2, 0.25) is 0 Å². The first kappa shape index (κ1) is 45.7. The van der Waals surface area contributed by atoms with Gasteiger partial charge in [0.25, 0.3) is 0 Å². The molecule has 2 aliphatic rings. The summed E-state index contributed by atoms with van der Waals surface area (Å²) in [4.78, 5) is 19.3. The number of hydrogen-bond acceptors (Lipinski definition) is 4. The lowest BCUT2D eigenvalue weighted by Crippen LogP contribution is -1.89. The topological polar surface area (TPSA) is 51.6 Å². The fraction of sp³-hybridized carbons (Fsp3) is 0.294. The number of benzene rings is 6. The Bertz CT molecular complexity index is 2040. The van der Waals surface area contributed by atoms with E-state index in [0.717, 1.165) is 44.8 Å². The monoisotopic (exact) mass is 733 g/mol. The SMILES string of the molecule is CC.CC.CC.CC.CC.CC.CCC.c1cc2c3c(cccc3c1)-c1nc3ccccc3nc1-2.c1cc2c3c(cccc3c1)-c1nc3ccccc3nc1-2. The Labute approximate surface area is 332 Å². The molecule has 4 heteroatoms. The van der Waals surface area contributed by atoms with Crippen LogP contribution in [-0.2, 0) is 0 Å². The van der Waals surface area contributed by atoms with Crippen molar-refractivity contribution in [2.24, 2.45) is 0 Å². The minimum atomic E-state index is 0.955. The minimum absolute atomic E-state index is 0.955. The van der Waals surface area contributed by atoms with Gasteiger partial charge < -0.3 is 0 Å². The lowest BCUT2D eigenvalue weighted by atomic mass is 10.0. The lowest BCUT2D eigenvalue weighted by Gasteiger charge is -2.02. The van der Waals surface area contributed by atoms with Crippen LogP contribution in [0.3, 0.4) is 0 Å². The third kappa shape index (κ3) is 9.61. The molecule has 0 spiro atoms. The van der Waals surface area contributed by atoms with Crippen molar-refractivity contribution in [1.29, 1.82) is 0 Å². The second kappa shape index (κ2) is 24.0. The number of fused-ring (bicyclic) bond motifs is 8. The van der Waals surface area contributed by atoms with E-state index in [0.29, 0.717) is 0 Å². The summed E-state index contributed by atoms with van der Waals surface area (Å²) < 4.78 is 0. The highest BCUT2D eigenvalue weighted by Crippen LogP contribution is 2.46. The molecule has 0 saturated heterocycles. The highest BCUT2D eigenvalue weighted by Gasteiger charge is 2.25. The summed E-state index contributed by atoms with van der Waals surface area (Å²) in [5, 5.41) is 5.06. The van der Waals surface area contributed by atoms with Gasteiger partial charge in [-0.05, 0) is 35.0 Å². The van der Waals surface area contributed by atoms with Gasteiger partial charge in [-0.15, -0.1) is 0 Å². The van der Waals surface area contributed by atoms with Gasteiger partial charge >= 0.3 is 0 Å². The lowest BCUT2D eigenvalue weighted by molar-refractivity contribution is 1.09. The third-order valence-corrected chi connectivity index (χ3v) is 7.97. The van der Waals surface area contributed by atoms with Crippen molar-refractivity contribution in [1.82, 2.24) is 19.9 Å². The molecule has 288 valence electrons. The molecule has 2 heterocycles. The van der Waals surface area contributed by atoms with E-state index >= 15 is 0 Å². The number of nitrogens with zero attached hydrogens (tertiary/aromatic N) is 4. The molecule has 0 N–H and O–H groups in total. The Morgan fingerprint density at radius 2 is 0.491 bits per heavy atom. The van der Waals surface area contributed by atoms with Crippen LogP contribution in [0.1, 0.15) is 103 Å². The summed E-state index contributed by atoms with van der Waals surface area (Å²) in [6.45, 7) is 28.2. The van der Waals surface area contributed by atoms with Crippen molar-refractivity contribution >= 4 is 43.6 Å². The summed E-state index contributed by atoms with van der Waals surface area (Å²) >= 11 is 0. The number of hydrogen-bond donors (Lipinski definition) is 0. The van der Waals surface area contributed by atoms with Crippen molar-refractivity contribution in [3.63, 3.8) is 0 Å². The second-order valence-electron chi connectivity index (χ2n) is 10.9. The van der Waals surface area contributed by atoms with Gasteiger partial charge in [0.15, 0.2) is 0 Å². The molecule has 0 saturated carbocycles. The first-order chi connectivity index (χ1) is 27.2. The predicted octanol–water partition coefficient (Wildman–Crippen LogP) is 16.4. The normalized spacial score (nSPS) is 9.71. The Kier molecular flexibility index (Phi) is 20.0. The summed E-state index contributed by atoms with van der Waals surface area (Å²) in [6.07, 6.45) is 1.25. The average Bonchev–Trinajstić information content (AvgIpc) is 3.77. The first-order valence-corrected chi connectivity index (χ1v) is 20.8. The molecule has 4 nitrogen and oxygen atoms in total. The molecule has 0 amide bonds. The van der Waals surface area contributed by atoms with Gasteiger partial charge in [-0.25, -0.2) is 19.9 Å². The molecule has 2 aromatic heterocycles. The maximum Gasteiger partial charge on any atom is 0.0979 e. The van der Waals surface area contributed by atoms with E-state index in [-0.39, 0.29) is 0 Å². The molecular formula is C51H64N4. The Morgan fingerprint density at radius 3 is 0.691 bits per heavy atom. The van der Waals surface area contributed by atoms with Crippen molar-refractivity contribution in [2.75, 3.05) is 0 Å². The van der Waals surface area contributed by atoms with E-state index in [4.69, 9.17) is 19.9 Å². The summed E-state index contributed by atoms with van der Waals surface area (Å²) in [5.41, 5.74) is 12.7. The van der Waals surface area contributed by atoms with Gasteiger partial charge in [0.2, 0.25) is 0 Å². The van der Waals surface area contributed by atoms with Gasteiger partial charge in [0, 0.05) is 33.0 Å². The first-order valence-electron chi connectivity index (χ1n) is 20.8. The molecule has 0 aliphatic heterocycles. The molecule has 8 aromatic rings. The highest BCUT2D eigenvalue weighted by molar-refractivity contribution is 6.15. The molecule has 0 atom stereocenters. The van der Waals surface area contributed by atoms with Gasteiger partial charge in [-0.3, -0.25) is 0 Å². The van der Waals surface area contributed by atoms with Crippen LogP contribution in [0, 0.1) is 0 Å². The largest absolute Gasteiger partial charge is 0.244 e. The smallest absolute Gasteiger partial charge is 0.0979 e. The molecule has 0 radical (unpaired) electrons. The van der Waals surface area contributed by atoms with Gasteiger partial charge in [0.05, 0.1) is 44.8 Å².